The van der Waals surface area contributed by atoms with E-state index in [-0.39, 0.29) is 0 Å². The lowest BCUT2D eigenvalue weighted by Gasteiger charge is -2.20. The van der Waals surface area contributed by atoms with E-state index in [9.17, 15) is 22.8 Å². The maximum atomic E-state index is 12.1. The molecule has 0 aliphatic heterocycles. The van der Waals surface area contributed by atoms with Gasteiger partial charge in [0.15, 0.2) is 0 Å². The number of hydrogen-bond acceptors (Lipinski definition) is 3. The van der Waals surface area contributed by atoms with E-state index in [2.05, 4.69) is 0 Å². The van der Waals surface area contributed by atoms with Crippen LogP contribution in [0.2, 0.25) is 0 Å². The average molecular weight is 188 g/mol. The number of hydrogen-bond donors (Lipinski definition) is 3. The smallest absolute Gasteiger partial charge is 0.410 e. The lowest BCUT2D eigenvalue weighted by molar-refractivity contribution is -0.255. The third-order valence-corrected chi connectivity index (χ3v) is 0.968. The molecule has 0 bridgehead atoms. The zero-order valence-electron chi connectivity index (χ0n) is 5.29. The Morgan fingerprint density at radius 3 is 1.42 bits per heavy atom. The molecule has 0 aromatic carbocycles. The van der Waals surface area contributed by atoms with Crippen LogP contribution in [0.4, 0.5) is 13.2 Å². The number of alkyl halides is 3. The van der Waals surface area contributed by atoms with Crippen LogP contribution in [0, 0.1) is 0 Å². The Bertz CT molecular complexity index is 199. The maximum absolute atomic E-state index is 12.1. The summed E-state index contributed by atoms with van der Waals surface area (Å²) in [6, 6.07) is 0. The zero-order chi connectivity index (χ0) is 10.2. The van der Waals surface area contributed by atoms with Crippen LogP contribution >= 0.6 is 0 Å². The summed E-state index contributed by atoms with van der Waals surface area (Å²) in [5.41, 5.74) is 0. The minimum Gasteiger partial charge on any atom is -0.477 e. The van der Waals surface area contributed by atoms with Crippen molar-refractivity contribution >= 4 is 11.9 Å². The fraction of sp³-hybridized carbons (Fsp3) is 0.500. The fourth-order valence-electron chi connectivity index (χ4n) is 0.276. The normalized spacial score (nSPS) is 16.7. The Kier molecular flexibility index (Phi) is 2.34. The van der Waals surface area contributed by atoms with Crippen LogP contribution in [0.25, 0.3) is 0 Å². The monoisotopic (exact) mass is 188 g/mol. The van der Waals surface area contributed by atoms with Gasteiger partial charge in [-0.05, 0) is 0 Å². The lowest BCUT2D eigenvalue weighted by atomic mass is 10.1. The van der Waals surface area contributed by atoms with E-state index in [1.54, 1.807) is 0 Å². The molecule has 0 aliphatic carbocycles. The molecular formula is C4H3F3O5. The number of carbonyl (C=O) groups is 2. The Morgan fingerprint density at radius 1 is 1.00 bits per heavy atom. The summed E-state index contributed by atoms with van der Waals surface area (Å²) in [5.74, 6) is -16.5. The molecule has 0 saturated carbocycles. The number of rotatable bonds is 3. The van der Waals surface area contributed by atoms with E-state index in [0.29, 0.717) is 0 Å². The van der Waals surface area contributed by atoms with Crippen molar-refractivity contribution in [2.75, 3.05) is 0 Å². The molecule has 0 aliphatic rings. The molecule has 0 rings (SSSR count). The number of carboxylic acids is 2. The first kappa shape index (κ1) is 10.7. The van der Waals surface area contributed by atoms with Crippen LogP contribution in [0.5, 0.6) is 0 Å². The quantitative estimate of drug-likeness (QED) is 0.552. The van der Waals surface area contributed by atoms with Crippen LogP contribution in [-0.2, 0) is 9.59 Å². The summed E-state index contributed by atoms with van der Waals surface area (Å²) in [4.78, 5) is 19.2. The van der Waals surface area contributed by atoms with Gasteiger partial charge in [-0.15, -0.1) is 0 Å². The molecule has 0 aromatic rings. The molecule has 5 nitrogen and oxygen atoms in total. The summed E-state index contributed by atoms with van der Waals surface area (Å²) < 4.78 is 36.0. The van der Waals surface area contributed by atoms with Crippen molar-refractivity contribution < 1.29 is 38.1 Å². The Morgan fingerprint density at radius 2 is 1.33 bits per heavy atom. The number of halogens is 3. The zero-order valence-corrected chi connectivity index (χ0v) is 5.29. The van der Waals surface area contributed by atoms with Gasteiger partial charge in [0.05, 0.1) is 0 Å². The fourth-order valence-corrected chi connectivity index (χ4v) is 0.276. The van der Waals surface area contributed by atoms with E-state index < -0.39 is 23.7 Å². The second-order valence-corrected chi connectivity index (χ2v) is 1.81. The Balaban J connectivity index is 5.01. The van der Waals surface area contributed by atoms with Crippen molar-refractivity contribution in [3.05, 3.63) is 0 Å². The summed E-state index contributed by atoms with van der Waals surface area (Å²) >= 11 is 0. The highest BCUT2D eigenvalue weighted by Crippen LogP contribution is 2.30. The molecule has 0 saturated heterocycles. The summed E-state index contributed by atoms with van der Waals surface area (Å²) in [5, 5.41) is 23.2. The molecule has 1 unspecified atom stereocenters. The highest BCUT2D eigenvalue weighted by molar-refractivity contribution is 5.87. The van der Waals surface area contributed by atoms with Crippen LogP contribution in [0.15, 0.2) is 0 Å². The Labute approximate surface area is 63.0 Å². The lowest BCUT2D eigenvalue weighted by Crippen LogP contribution is -2.55. The molecule has 70 valence electrons. The second kappa shape index (κ2) is 2.63. The average Bonchev–Trinajstić information content (AvgIpc) is 1.86. The van der Waals surface area contributed by atoms with Crippen molar-refractivity contribution in [2.24, 2.45) is 0 Å². The molecule has 0 aromatic heterocycles. The first-order valence-corrected chi connectivity index (χ1v) is 2.40. The van der Waals surface area contributed by atoms with E-state index in [0.717, 1.165) is 0 Å². The van der Waals surface area contributed by atoms with Gasteiger partial charge in [0.1, 0.15) is 0 Å². The van der Waals surface area contributed by atoms with Gasteiger partial charge in [-0.2, -0.15) is 13.2 Å². The molecule has 0 spiro atoms. The van der Waals surface area contributed by atoms with Gasteiger partial charge in [-0.1, -0.05) is 0 Å². The number of carboxylic acid groups (broad SMARTS) is 2. The minimum atomic E-state index is -5.38. The van der Waals surface area contributed by atoms with E-state index in [4.69, 9.17) is 15.3 Å². The number of aliphatic carboxylic acids is 2. The molecule has 8 heteroatoms. The Hall–Kier alpha value is -1.31. The predicted octanol–water partition coefficient (Wildman–Crippen LogP) is -0.551. The van der Waals surface area contributed by atoms with Gasteiger partial charge in [0.2, 0.25) is 0 Å². The molecule has 3 N–H and O–H groups in total. The molecule has 0 heterocycles. The molecule has 12 heavy (non-hydrogen) atoms. The van der Waals surface area contributed by atoms with Crippen LogP contribution in [0.3, 0.4) is 0 Å². The van der Waals surface area contributed by atoms with Gasteiger partial charge in [0.25, 0.3) is 0 Å². The summed E-state index contributed by atoms with van der Waals surface area (Å²) in [7, 11) is 0. The summed E-state index contributed by atoms with van der Waals surface area (Å²) in [6.45, 7) is 0. The molecule has 0 radical (unpaired) electrons. The van der Waals surface area contributed by atoms with Crippen molar-refractivity contribution in [2.45, 2.75) is 11.8 Å². The van der Waals surface area contributed by atoms with Crippen molar-refractivity contribution in [1.82, 2.24) is 0 Å². The minimum absolute atomic E-state index is 2.96. The largest absolute Gasteiger partial charge is 0.477 e. The van der Waals surface area contributed by atoms with Crippen LogP contribution in [0.1, 0.15) is 0 Å². The van der Waals surface area contributed by atoms with Crippen molar-refractivity contribution in [3.63, 3.8) is 0 Å². The molecular weight excluding hydrogens is 185 g/mol. The van der Waals surface area contributed by atoms with Gasteiger partial charge in [0, 0.05) is 0 Å². The van der Waals surface area contributed by atoms with Gasteiger partial charge < -0.3 is 15.3 Å². The van der Waals surface area contributed by atoms with Crippen molar-refractivity contribution in [3.8, 4) is 0 Å². The maximum Gasteiger partial charge on any atom is 0.410 e. The topological polar surface area (TPSA) is 94.8 Å². The van der Waals surface area contributed by atoms with Crippen LogP contribution < -0.4 is 0 Å². The first-order valence-electron chi connectivity index (χ1n) is 2.40. The molecule has 0 amide bonds. The standard InChI is InChI=1S/C4H3F3O5/c5-3(6,1(8)9)4(7,12)2(10)11/h12H,(H,8,9)(H,10,11). The van der Waals surface area contributed by atoms with Gasteiger partial charge in [-0.3, -0.25) is 0 Å². The third-order valence-electron chi connectivity index (χ3n) is 0.968. The number of aliphatic hydroxyl groups is 1. The van der Waals surface area contributed by atoms with Gasteiger partial charge >= 0.3 is 23.7 Å². The molecule has 0 fully saturated rings. The van der Waals surface area contributed by atoms with Crippen LogP contribution in [-0.4, -0.2) is 39.0 Å². The van der Waals surface area contributed by atoms with E-state index in [1.165, 1.54) is 0 Å². The second-order valence-electron chi connectivity index (χ2n) is 1.81. The highest BCUT2D eigenvalue weighted by atomic mass is 19.3. The SMILES string of the molecule is O=C(O)C(O)(F)C(F)(F)C(=O)O. The summed E-state index contributed by atoms with van der Waals surface area (Å²) in [6.07, 6.45) is 0. The highest BCUT2D eigenvalue weighted by Gasteiger charge is 2.66. The van der Waals surface area contributed by atoms with Crippen molar-refractivity contribution in [1.29, 1.82) is 0 Å². The van der Waals surface area contributed by atoms with E-state index >= 15 is 0 Å². The molecule has 1 atom stereocenters. The van der Waals surface area contributed by atoms with E-state index in [1.807, 2.05) is 0 Å². The first-order chi connectivity index (χ1) is 5.14. The predicted molar refractivity (Wildman–Crippen MR) is 26.3 cm³/mol. The third kappa shape index (κ3) is 1.33. The van der Waals surface area contributed by atoms with Gasteiger partial charge in [-0.25, -0.2) is 9.59 Å².